The molecule has 0 spiro atoms. The van der Waals surface area contributed by atoms with Crippen molar-refractivity contribution in [3.05, 3.63) is 0 Å². The number of carbonyl (C=O) groups excluding carboxylic acids is 2. The minimum atomic E-state index is -0.667. The van der Waals surface area contributed by atoms with E-state index < -0.39 is 11.9 Å². The van der Waals surface area contributed by atoms with E-state index in [4.69, 9.17) is 9.47 Å². The average molecular weight is 188 g/mol. The second kappa shape index (κ2) is 6.60. The summed E-state index contributed by atoms with van der Waals surface area (Å²) in [4.78, 5) is 22.2. The third kappa shape index (κ3) is 4.62. The lowest BCUT2D eigenvalue weighted by molar-refractivity contribution is -0.151. The maximum Gasteiger partial charge on any atom is 0.316 e. The van der Waals surface area contributed by atoms with E-state index in [2.05, 4.69) is 0 Å². The van der Waals surface area contributed by atoms with Gasteiger partial charge in [0.15, 0.2) is 0 Å². The third-order valence-corrected chi connectivity index (χ3v) is 1.67. The van der Waals surface area contributed by atoms with E-state index in [1.54, 1.807) is 6.92 Å². The highest BCUT2D eigenvalue weighted by Gasteiger charge is 2.23. The number of methoxy groups -OCH3 is 1. The van der Waals surface area contributed by atoms with Crippen LogP contribution < -0.4 is 0 Å². The zero-order chi connectivity index (χ0) is 10.3. The summed E-state index contributed by atoms with van der Waals surface area (Å²) in [6.07, 6.45) is 0.394. The van der Waals surface area contributed by atoms with Gasteiger partial charge in [-0.05, 0) is 20.3 Å². The van der Waals surface area contributed by atoms with Gasteiger partial charge in [0, 0.05) is 13.7 Å². The van der Waals surface area contributed by atoms with Crippen LogP contribution in [0.25, 0.3) is 0 Å². The van der Waals surface area contributed by atoms with Gasteiger partial charge in [-0.1, -0.05) is 0 Å². The highest BCUT2D eigenvalue weighted by molar-refractivity contribution is 5.97. The molecule has 4 nitrogen and oxygen atoms in total. The summed E-state index contributed by atoms with van der Waals surface area (Å²) in [5.74, 6) is -1.29. The predicted octanol–water partition coefficient (Wildman–Crippen LogP) is 0.791. The van der Waals surface area contributed by atoms with Gasteiger partial charge in [0.25, 0.3) is 0 Å². The van der Waals surface area contributed by atoms with Crippen molar-refractivity contribution in [1.29, 1.82) is 0 Å². The highest BCUT2D eigenvalue weighted by atomic mass is 16.5. The molecular weight excluding hydrogens is 172 g/mol. The zero-order valence-electron chi connectivity index (χ0n) is 8.33. The molecule has 1 atom stereocenters. The summed E-state index contributed by atoms with van der Waals surface area (Å²) < 4.78 is 9.54. The third-order valence-electron chi connectivity index (χ3n) is 1.67. The predicted molar refractivity (Wildman–Crippen MR) is 47.3 cm³/mol. The van der Waals surface area contributed by atoms with Gasteiger partial charge in [-0.25, -0.2) is 0 Å². The van der Waals surface area contributed by atoms with Gasteiger partial charge < -0.3 is 9.47 Å². The molecule has 0 rings (SSSR count). The minimum Gasteiger partial charge on any atom is -0.465 e. The number of esters is 1. The van der Waals surface area contributed by atoms with Crippen molar-refractivity contribution in [1.82, 2.24) is 0 Å². The second-order valence-electron chi connectivity index (χ2n) is 2.70. The molecule has 76 valence electrons. The van der Waals surface area contributed by atoms with Gasteiger partial charge in [-0.15, -0.1) is 0 Å². The Labute approximate surface area is 78.2 Å². The van der Waals surface area contributed by atoms with E-state index in [1.165, 1.54) is 14.0 Å². The van der Waals surface area contributed by atoms with E-state index in [0.717, 1.165) is 0 Å². The number of Topliss-reactive ketones (excluding diaryl/α,β-unsaturated/α-hetero) is 1. The Bertz CT molecular complexity index is 176. The van der Waals surface area contributed by atoms with Crippen LogP contribution in [0.4, 0.5) is 0 Å². The Morgan fingerprint density at radius 3 is 2.38 bits per heavy atom. The fourth-order valence-electron chi connectivity index (χ4n) is 0.966. The molecule has 0 heterocycles. The number of carbonyl (C=O) groups is 2. The first-order valence-electron chi connectivity index (χ1n) is 4.29. The van der Waals surface area contributed by atoms with Crippen molar-refractivity contribution in [2.75, 3.05) is 20.3 Å². The first-order chi connectivity index (χ1) is 6.13. The Morgan fingerprint density at radius 2 is 2.00 bits per heavy atom. The molecule has 0 aromatic heterocycles. The van der Waals surface area contributed by atoms with Crippen molar-refractivity contribution >= 4 is 11.8 Å². The fraction of sp³-hybridized carbons (Fsp3) is 0.778. The van der Waals surface area contributed by atoms with Crippen LogP contribution in [0.2, 0.25) is 0 Å². The van der Waals surface area contributed by atoms with Crippen LogP contribution >= 0.6 is 0 Å². The number of hydrogen-bond acceptors (Lipinski definition) is 4. The van der Waals surface area contributed by atoms with Crippen molar-refractivity contribution in [3.8, 4) is 0 Å². The highest BCUT2D eigenvalue weighted by Crippen LogP contribution is 2.07. The molecule has 0 aromatic carbocycles. The summed E-state index contributed by atoms with van der Waals surface area (Å²) in [6, 6.07) is 0. The van der Waals surface area contributed by atoms with Crippen LogP contribution in [-0.2, 0) is 19.1 Å². The lowest BCUT2D eigenvalue weighted by atomic mass is 10.0. The monoisotopic (exact) mass is 188 g/mol. The minimum absolute atomic E-state index is 0.171. The van der Waals surface area contributed by atoms with E-state index in [9.17, 15) is 9.59 Å². The maximum absolute atomic E-state index is 11.2. The van der Waals surface area contributed by atoms with Gasteiger partial charge in [-0.3, -0.25) is 9.59 Å². The quantitative estimate of drug-likeness (QED) is 0.457. The van der Waals surface area contributed by atoms with Crippen molar-refractivity contribution in [2.24, 2.45) is 5.92 Å². The van der Waals surface area contributed by atoms with Gasteiger partial charge in [0.2, 0.25) is 0 Å². The summed E-state index contributed by atoms with van der Waals surface area (Å²) in [6.45, 7) is 3.79. The number of hydrogen-bond donors (Lipinski definition) is 0. The molecule has 0 saturated heterocycles. The lowest BCUT2D eigenvalue weighted by Gasteiger charge is -2.11. The first kappa shape index (κ1) is 12.1. The van der Waals surface area contributed by atoms with Crippen molar-refractivity contribution in [3.63, 3.8) is 0 Å². The molecule has 0 amide bonds. The lowest BCUT2D eigenvalue weighted by Crippen LogP contribution is -2.25. The van der Waals surface area contributed by atoms with E-state index in [0.29, 0.717) is 19.6 Å². The van der Waals surface area contributed by atoms with Crippen LogP contribution in [0, 0.1) is 5.92 Å². The van der Waals surface area contributed by atoms with E-state index in [-0.39, 0.29) is 5.78 Å². The second-order valence-corrected chi connectivity index (χ2v) is 2.70. The first-order valence-corrected chi connectivity index (χ1v) is 4.29. The van der Waals surface area contributed by atoms with Crippen molar-refractivity contribution in [2.45, 2.75) is 20.3 Å². The Kier molecular flexibility index (Phi) is 6.14. The summed E-state index contributed by atoms with van der Waals surface area (Å²) >= 11 is 0. The Morgan fingerprint density at radius 1 is 1.38 bits per heavy atom. The summed E-state index contributed by atoms with van der Waals surface area (Å²) in [5, 5.41) is 0. The molecule has 0 aliphatic carbocycles. The molecule has 0 radical (unpaired) electrons. The molecule has 0 unspecified atom stereocenters. The largest absolute Gasteiger partial charge is 0.465 e. The smallest absolute Gasteiger partial charge is 0.316 e. The number of rotatable bonds is 6. The SMILES string of the molecule is CCOC(=O)[C@@H](CCOC)C(C)=O. The van der Waals surface area contributed by atoms with E-state index in [1.807, 2.05) is 0 Å². The molecular formula is C9H16O4. The molecule has 0 saturated carbocycles. The van der Waals surface area contributed by atoms with Gasteiger partial charge in [0.05, 0.1) is 6.61 Å². The summed E-state index contributed by atoms with van der Waals surface area (Å²) in [7, 11) is 1.53. The number of ether oxygens (including phenoxy) is 2. The molecule has 13 heavy (non-hydrogen) atoms. The van der Waals surface area contributed by atoms with Crippen LogP contribution in [0.5, 0.6) is 0 Å². The molecule has 0 fully saturated rings. The Balaban J connectivity index is 4.07. The molecule has 0 bridgehead atoms. The maximum atomic E-state index is 11.2. The molecule has 0 N–H and O–H groups in total. The van der Waals surface area contributed by atoms with E-state index >= 15 is 0 Å². The van der Waals surface area contributed by atoms with Crippen LogP contribution in [-0.4, -0.2) is 32.1 Å². The topological polar surface area (TPSA) is 52.6 Å². The average Bonchev–Trinajstić information content (AvgIpc) is 2.05. The molecule has 4 heteroatoms. The molecule has 0 aromatic rings. The Hall–Kier alpha value is -0.900. The summed E-state index contributed by atoms with van der Waals surface area (Å²) in [5.41, 5.74) is 0. The number of ketones is 1. The zero-order valence-corrected chi connectivity index (χ0v) is 8.33. The fourth-order valence-corrected chi connectivity index (χ4v) is 0.966. The van der Waals surface area contributed by atoms with Gasteiger partial charge in [0.1, 0.15) is 11.7 Å². The van der Waals surface area contributed by atoms with Crippen LogP contribution in [0.15, 0.2) is 0 Å². The normalized spacial score (nSPS) is 12.2. The van der Waals surface area contributed by atoms with Crippen LogP contribution in [0.3, 0.4) is 0 Å². The van der Waals surface area contributed by atoms with Crippen molar-refractivity contribution < 1.29 is 19.1 Å². The van der Waals surface area contributed by atoms with Gasteiger partial charge >= 0.3 is 5.97 Å². The molecule has 0 aliphatic heterocycles. The van der Waals surface area contributed by atoms with Crippen LogP contribution in [0.1, 0.15) is 20.3 Å². The van der Waals surface area contributed by atoms with Gasteiger partial charge in [-0.2, -0.15) is 0 Å². The standard InChI is InChI=1S/C9H16O4/c1-4-13-9(11)8(7(2)10)5-6-12-3/h8H,4-6H2,1-3H3/t8-/m0/s1. The molecule has 0 aliphatic rings.